The molecule has 4 rings (SSSR count). The predicted molar refractivity (Wildman–Crippen MR) is 116 cm³/mol. The summed E-state index contributed by atoms with van der Waals surface area (Å²) < 4.78 is 25.6. The summed E-state index contributed by atoms with van der Waals surface area (Å²) in [7, 11) is 3.11. The molecule has 31 heavy (non-hydrogen) atoms. The van der Waals surface area contributed by atoms with E-state index in [0.29, 0.717) is 34.0 Å². The maximum Gasteiger partial charge on any atom is 0.259 e. The summed E-state index contributed by atoms with van der Waals surface area (Å²) in [6, 6.07) is 20.4. The topological polar surface area (TPSA) is 65.4 Å². The van der Waals surface area contributed by atoms with Gasteiger partial charge in [0.2, 0.25) is 0 Å². The Labute approximate surface area is 178 Å². The zero-order valence-electron chi connectivity index (χ0n) is 17.0. The van der Waals surface area contributed by atoms with Gasteiger partial charge >= 0.3 is 0 Å². The van der Waals surface area contributed by atoms with E-state index in [1.54, 1.807) is 37.2 Å². The Bertz CT molecular complexity index is 1200. The molecule has 0 aliphatic rings. The summed E-state index contributed by atoms with van der Waals surface area (Å²) >= 11 is 0. The molecule has 1 N–H and O–H groups in total. The third-order valence-corrected chi connectivity index (χ3v) is 4.74. The van der Waals surface area contributed by atoms with E-state index in [9.17, 15) is 9.18 Å². The second-order valence-corrected chi connectivity index (χ2v) is 6.70. The maximum atomic E-state index is 13.2. The number of hydrogen-bond acceptors (Lipinski definition) is 4. The van der Waals surface area contributed by atoms with E-state index in [1.807, 2.05) is 36.4 Å². The predicted octanol–water partition coefficient (Wildman–Crippen LogP) is 4.95. The summed E-state index contributed by atoms with van der Waals surface area (Å²) in [6.07, 6.45) is 1.67. The van der Waals surface area contributed by atoms with Gasteiger partial charge in [-0.1, -0.05) is 18.2 Å². The van der Waals surface area contributed by atoms with Crippen LogP contribution in [0, 0.1) is 5.82 Å². The average Bonchev–Trinajstić information content (AvgIpc) is 3.26. The number of hydrogen-bond donors (Lipinski definition) is 1. The Kier molecular flexibility index (Phi) is 5.66. The molecule has 0 atom stereocenters. The molecule has 0 spiro atoms. The van der Waals surface area contributed by atoms with Crippen molar-refractivity contribution in [1.82, 2.24) is 9.78 Å². The van der Waals surface area contributed by atoms with Crippen LogP contribution in [0.15, 0.2) is 79.0 Å². The van der Waals surface area contributed by atoms with E-state index in [4.69, 9.17) is 9.47 Å². The molecule has 156 valence electrons. The SMILES string of the molecule is COc1ccc(-c2nn(-c3ccccc3)cc2C(=O)Nc2ccc(F)cc2)cc1OC. The number of anilines is 1. The van der Waals surface area contributed by atoms with Crippen LogP contribution >= 0.6 is 0 Å². The number of carbonyl (C=O) groups excluding carboxylic acids is 1. The summed E-state index contributed by atoms with van der Waals surface area (Å²) in [4.78, 5) is 13.1. The van der Waals surface area contributed by atoms with Crippen LogP contribution < -0.4 is 14.8 Å². The van der Waals surface area contributed by atoms with Crippen molar-refractivity contribution in [3.63, 3.8) is 0 Å². The lowest BCUT2D eigenvalue weighted by Gasteiger charge is -2.10. The fraction of sp³-hybridized carbons (Fsp3) is 0.0833. The number of para-hydroxylation sites is 1. The third-order valence-electron chi connectivity index (χ3n) is 4.74. The normalized spacial score (nSPS) is 10.5. The van der Waals surface area contributed by atoms with E-state index >= 15 is 0 Å². The molecule has 0 fully saturated rings. The molecular weight excluding hydrogens is 397 g/mol. The lowest BCUT2D eigenvalue weighted by molar-refractivity contribution is 0.102. The van der Waals surface area contributed by atoms with E-state index in [1.165, 1.54) is 24.3 Å². The molecule has 7 heteroatoms. The number of carbonyl (C=O) groups is 1. The van der Waals surface area contributed by atoms with E-state index in [0.717, 1.165) is 5.69 Å². The molecule has 3 aromatic carbocycles. The molecule has 0 saturated carbocycles. The largest absolute Gasteiger partial charge is 0.493 e. The van der Waals surface area contributed by atoms with E-state index in [2.05, 4.69) is 10.4 Å². The first-order chi connectivity index (χ1) is 15.1. The molecule has 0 aliphatic heterocycles. The highest BCUT2D eigenvalue weighted by Crippen LogP contribution is 2.33. The fourth-order valence-corrected chi connectivity index (χ4v) is 3.18. The van der Waals surface area contributed by atoms with Crippen molar-refractivity contribution in [2.45, 2.75) is 0 Å². The minimum Gasteiger partial charge on any atom is -0.493 e. The molecular formula is C24H20FN3O3. The number of aromatic nitrogens is 2. The lowest BCUT2D eigenvalue weighted by Crippen LogP contribution is -2.12. The van der Waals surface area contributed by atoms with Gasteiger partial charge < -0.3 is 14.8 Å². The molecule has 1 heterocycles. The average molecular weight is 417 g/mol. The summed E-state index contributed by atoms with van der Waals surface area (Å²) in [5.41, 5.74) is 2.82. The van der Waals surface area contributed by atoms with Crippen molar-refractivity contribution in [3.05, 3.63) is 90.4 Å². The van der Waals surface area contributed by atoms with Crippen molar-refractivity contribution in [2.75, 3.05) is 19.5 Å². The van der Waals surface area contributed by atoms with Gasteiger partial charge in [-0.05, 0) is 54.6 Å². The summed E-state index contributed by atoms with van der Waals surface area (Å²) in [5.74, 6) is 0.365. The molecule has 0 aliphatic carbocycles. The number of nitrogens with one attached hydrogen (secondary N) is 1. The molecule has 6 nitrogen and oxygen atoms in total. The highest BCUT2D eigenvalue weighted by molar-refractivity contribution is 6.08. The second kappa shape index (κ2) is 8.71. The van der Waals surface area contributed by atoms with Crippen LogP contribution in [0.4, 0.5) is 10.1 Å². The van der Waals surface area contributed by atoms with Crippen LogP contribution in [0.2, 0.25) is 0 Å². The number of halogens is 1. The number of amides is 1. The monoisotopic (exact) mass is 417 g/mol. The minimum atomic E-state index is -0.374. The smallest absolute Gasteiger partial charge is 0.259 e. The van der Waals surface area contributed by atoms with Gasteiger partial charge in [0.05, 0.1) is 25.5 Å². The van der Waals surface area contributed by atoms with Gasteiger partial charge in [-0.3, -0.25) is 4.79 Å². The van der Waals surface area contributed by atoms with Crippen LogP contribution in [0.1, 0.15) is 10.4 Å². The number of methoxy groups -OCH3 is 2. The van der Waals surface area contributed by atoms with Crippen LogP contribution in [-0.2, 0) is 0 Å². The Morgan fingerprint density at radius 2 is 1.65 bits per heavy atom. The fourth-order valence-electron chi connectivity index (χ4n) is 3.18. The van der Waals surface area contributed by atoms with Gasteiger partial charge in [0, 0.05) is 17.4 Å². The van der Waals surface area contributed by atoms with Crippen molar-refractivity contribution >= 4 is 11.6 Å². The van der Waals surface area contributed by atoms with Crippen LogP contribution in [-0.4, -0.2) is 29.9 Å². The zero-order valence-corrected chi connectivity index (χ0v) is 17.0. The third kappa shape index (κ3) is 4.25. The van der Waals surface area contributed by atoms with E-state index in [-0.39, 0.29) is 11.7 Å². The van der Waals surface area contributed by atoms with Gasteiger partial charge in [0.25, 0.3) is 5.91 Å². The Hall–Kier alpha value is -4.13. The van der Waals surface area contributed by atoms with Crippen LogP contribution in [0.3, 0.4) is 0 Å². The minimum absolute atomic E-state index is 0.361. The summed E-state index contributed by atoms with van der Waals surface area (Å²) in [5, 5.41) is 7.45. The Balaban J connectivity index is 1.78. The molecule has 1 aromatic heterocycles. The summed E-state index contributed by atoms with van der Waals surface area (Å²) in [6.45, 7) is 0. The molecule has 0 radical (unpaired) electrons. The second-order valence-electron chi connectivity index (χ2n) is 6.70. The highest BCUT2D eigenvalue weighted by atomic mass is 19.1. The number of rotatable bonds is 6. The zero-order chi connectivity index (χ0) is 21.8. The Morgan fingerprint density at radius 3 is 2.32 bits per heavy atom. The van der Waals surface area contributed by atoms with Crippen molar-refractivity contribution in [2.24, 2.45) is 0 Å². The van der Waals surface area contributed by atoms with Gasteiger partial charge in [-0.25, -0.2) is 9.07 Å². The first kappa shape index (κ1) is 20.2. The van der Waals surface area contributed by atoms with E-state index < -0.39 is 0 Å². The van der Waals surface area contributed by atoms with Gasteiger partial charge in [0.1, 0.15) is 11.5 Å². The van der Waals surface area contributed by atoms with Gasteiger partial charge in [-0.2, -0.15) is 5.10 Å². The van der Waals surface area contributed by atoms with Crippen LogP contribution in [0.25, 0.3) is 16.9 Å². The Morgan fingerprint density at radius 1 is 0.935 bits per heavy atom. The molecule has 0 bridgehead atoms. The lowest BCUT2D eigenvalue weighted by atomic mass is 10.1. The number of ether oxygens (including phenoxy) is 2. The molecule has 0 saturated heterocycles. The number of benzene rings is 3. The quantitative estimate of drug-likeness (QED) is 0.482. The first-order valence-electron chi connectivity index (χ1n) is 9.53. The molecule has 4 aromatic rings. The molecule has 0 unspecified atom stereocenters. The number of nitrogens with zero attached hydrogens (tertiary/aromatic N) is 2. The standard InChI is InChI=1S/C24H20FN3O3/c1-30-21-13-8-16(14-22(21)31-2)23-20(15-28(27-23)19-6-4-3-5-7-19)24(29)26-18-11-9-17(25)10-12-18/h3-15H,1-2H3,(H,26,29). The van der Waals surface area contributed by atoms with Crippen molar-refractivity contribution in [1.29, 1.82) is 0 Å². The molecule has 1 amide bonds. The van der Waals surface area contributed by atoms with Crippen molar-refractivity contribution < 1.29 is 18.7 Å². The first-order valence-corrected chi connectivity index (χ1v) is 9.53. The van der Waals surface area contributed by atoms with Crippen LogP contribution in [0.5, 0.6) is 11.5 Å². The van der Waals surface area contributed by atoms with Gasteiger partial charge in [0.15, 0.2) is 11.5 Å². The van der Waals surface area contributed by atoms with Gasteiger partial charge in [-0.15, -0.1) is 0 Å². The van der Waals surface area contributed by atoms with Crippen molar-refractivity contribution in [3.8, 4) is 28.4 Å². The highest BCUT2D eigenvalue weighted by Gasteiger charge is 2.20. The maximum absolute atomic E-state index is 13.2.